The van der Waals surface area contributed by atoms with Crippen molar-refractivity contribution in [2.24, 2.45) is 0 Å². The van der Waals surface area contributed by atoms with Gasteiger partial charge in [-0.25, -0.2) is 17.5 Å². The monoisotopic (exact) mass is 381 g/mol. The molecule has 2 aromatic rings. The summed E-state index contributed by atoms with van der Waals surface area (Å²) < 4.78 is 51.6. The molecule has 7 heteroatoms. The smallest absolute Gasteiger partial charge is 0.240 e. The highest BCUT2D eigenvalue weighted by molar-refractivity contribution is 7.89. The van der Waals surface area contributed by atoms with Gasteiger partial charge in [-0.15, -0.1) is 0 Å². The highest BCUT2D eigenvalue weighted by atomic mass is 32.2. The van der Waals surface area contributed by atoms with Crippen molar-refractivity contribution in [3.05, 3.63) is 53.3 Å². The molecule has 0 heterocycles. The van der Waals surface area contributed by atoms with E-state index >= 15 is 0 Å². The van der Waals surface area contributed by atoms with Gasteiger partial charge in [0.25, 0.3) is 0 Å². The Morgan fingerprint density at radius 2 is 1.69 bits per heavy atom. The summed E-state index contributed by atoms with van der Waals surface area (Å²) in [7, 11) is -0.635. The maximum atomic E-state index is 13.4. The largest absolute Gasteiger partial charge is 0.493 e. The molecule has 2 aromatic carbocycles. The molecule has 26 heavy (non-hydrogen) atoms. The van der Waals surface area contributed by atoms with Gasteiger partial charge in [-0.3, -0.25) is 0 Å². The fourth-order valence-corrected chi connectivity index (χ4v) is 3.80. The van der Waals surface area contributed by atoms with Crippen LogP contribution in [0.4, 0.5) is 4.39 Å². The summed E-state index contributed by atoms with van der Waals surface area (Å²) in [4.78, 5) is 0.0412. The Balaban J connectivity index is 2.22. The molecule has 5 nitrogen and oxygen atoms in total. The van der Waals surface area contributed by atoms with E-state index in [0.717, 1.165) is 11.6 Å². The lowest BCUT2D eigenvalue weighted by Gasteiger charge is -2.26. The van der Waals surface area contributed by atoms with Crippen molar-refractivity contribution in [3.8, 4) is 11.5 Å². The second-order valence-corrected chi connectivity index (χ2v) is 8.46. The summed E-state index contributed by atoms with van der Waals surface area (Å²) in [5, 5.41) is 0. The van der Waals surface area contributed by atoms with Gasteiger partial charge in [0.2, 0.25) is 10.0 Å². The van der Waals surface area contributed by atoms with Crippen LogP contribution in [-0.2, 0) is 15.4 Å². The van der Waals surface area contributed by atoms with E-state index in [1.165, 1.54) is 19.1 Å². The van der Waals surface area contributed by atoms with Gasteiger partial charge >= 0.3 is 0 Å². The number of aryl methyl sites for hydroxylation is 1. The van der Waals surface area contributed by atoms with Crippen molar-refractivity contribution in [1.82, 2.24) is 4.72 Å². The number of ether oxygens (including phenoxy) is 2. The van der Waals surface area contributed by atoms with Crippen molar-refractivity contribution >= 4 is 10.0 Å². The molecular formula is C19H24FNO4S. The Bertz CT molecular complexity index is 894. The third-order valence-corrected chi connectivity index (χ3v) is 5.71. The zero-order valence-electron chi connectivity index (χ0n) is 15.6. The second-order valence-electron chi connectivity index (χ2n) is 6.69. The summed E-state index contributed by atoms with van der Waals surface area (Å²) in [6, 6.07) is 9.22. The predicted octanol–water partition coefficient (Wildman–Crippen LogP) is 3.41. The molecule has 0 radical (unpaired) electrons. The number of nitrogens with one attached hydrogen (secondary N) is 1. The van der Waals surface area contributed by atoms with Crippen LogP contribution in [0.3, 0.4) is 0 Å². The molecule has 0 spiro atoms. The third kappa shape index (κ3) is 4.34. The van der Waals surface area contributed by atoms with E-state index in [9.17, 15) is 12.8 Å². The van der Waals surface area contributed by atoms with Crippen LogP contribution >= 0.6 is 0 Å². The minimum atomic E-state index is -3.74. The molecule has 142 valence electrons. The zero-order chi connectivity index (χ0) is 19.5. The first-order chi connectivity index (χ1) is 12.1. The first-order valence-corrected chi connectivity index (χ1v) is 9.57. The minimum Gasteiger partial charge on any atom is -0.493 e. The molecule has 0 aliphatic carbocycles. The fraction of sp³-hybridized carbons (Fsp3) is 0.368. The summed E-state index contributed by atoms with van der Waals surface area (Å²) in [6.07, 6.45) is 0. The predicted molar refractivity (Wildman–Crippen MR) is 98.9 cm³/mol. The molecule has 0 unspecified atom stereocenters. The molecule has 0 fully saturated rings. The van der Waals surface area contributed by atoms with Crippen LogP contribution in [0.15, 0.2) is 41.3 Å². The second kappa shape index (κ2) is 7.63. The van der Waals surface area contributed by atoms with Crippen molar-refractivity contribution < 1.29 is 22.3 Å². The minimum absolute atomic E-state index is 0.0412. The number of hydrogen-bond donors (Lipinski definition) is 1. The average Bonchev–Trinajstić information content (AvgIpc) is 2.61. The Labute approximate surface area is 154 Å². The Morgan fingerprint density at radius 1 is 1.04 bits per heavy atom. The van der Waals surface area contributed by atoms with E-state index in [0.29, 0.717) is 11.5 Å². The molecular weight excluding hydrogens is 357 g/mol. The van der Waals surface area contributed by atoms with E-state index in [2.05, 4.69) is 4.72 Å². The van der Waals surface area contributed by atoms with Crippen molar-refractivity contribution in [2.75, 3.05) is 20.8 Å². The fourth-order valence-electron chi connectivity index (χ4n) is 2.50. The molecule has 0 saturated heterocycles. The molecule has 0 atom stereocenters. The van der Waals surface area contributed by atoms with Gasteiger partial charge in [0.15, 0.2) is 11.5 Å². The van der Waals surface area contributed by atoms with Gasteiger partial charge < -0.3 is 9.47 Å². The Hall–Kier alpha value is -2.12. The molecule has 0 aliphatic heterocycles. The molecule has 0 saturated carbocycles. The lowest BCUT2D eigenvalue weighted by molar-refractivity contribution is 0.353. The molecule has 1 N–H and O–H groups in total. The van der Waals surface area contributed by atoms with E-state index < -0.39 is 21.3 Å². The summed E-state index contributed by atoms with van der Waals surface area (Å²) >= 11 is 0. The number of rotatable bonds is 7. The average molecular weight is 381 g/mol. The number of methoxy groups -OCH3 is 2. The van der Waals surface area contributed by atoms with Crippen molar-refractivity contribution in [1.29, 1.82) is 0 Å². The van der Waals surface area contributed by atoms with Crippen LogP contribution in [0.1, 0.15) is 25.0 Å². The van der Waals surface area contributed by atoms with Gasteiger partial charge in [-0.05, 0) is 48.4 Å². The van der Waals surface area contributed by atoms with Crippen molar-refractivity contribution in [2.45, 2.75) is 31.1 Å². The SMILES string of the molecule is COc1ccc(C(C)(C)CNS(=O)(=O)c2ccc(F)c(C)c2)cc1OC. The van der Waals surface area contributed by atoms with E-state index in [1.807, 2.05) is 26.0 Å². The topological polar surface area (TPSA) is 64.6 Å². The Morgan fingerprint density at radius 3 is 2.27 bits per heavy atom. The summed E-state index contributed by atoms with van der Waals surface area (Å²) in [5.74, 6) is 0.749. The number of hydrogen-bond acceptors (Lipinski definition) is 4. The van der Waals surface area contributed by atoms with Crippen LogP contribution in [0.5, 0.6) is 11.5 Å². The summed E-state index contributed by atoms with van der Waals surface area (Å²) in [5.41, 5.74) is 0.682. The Kier molecular flexibility index (Phi) is 5.93. The van der Waals surface area contributed by atoms with Gasteiger partial charge in [0.1, 0.15) is 5.82 Å². The lowest BCUT2D eigenvalue weighted by atomic mass is 9.85. The number of sulfonamides is 1. The molecule has 0 aliphatic rings. The molecule has 0 amide bonds. The maximum Gasteiger partial charge on any atom is 0.240 e. The zero-order valence-corrected chi connectivity index (χ0v) is 16.4. The van der Waals surface area contributed by atoms with Gasteiger partial charge in [-0.1, -0.05) is 19.9 Å². The quantitative estimate of drug-likeness (QED) is 0.798. The van der Waals surface area contributed by atoms with Crippen LogP contribution < -0.4 is 14.2 Å². The number of halogens is 1. The lowest BCUT2D eigenvalue weighted by Crippen LogP contribution is -2.36. The first kappa shape index (κ1) is 20.2. The van der Waals surface area contributed by atoms with Crippen LogP contribution in [0.2, 0.25) is 0 Å². The van der Waals surface area contributed by atoms with Gasteiger partial charge in [-0.2, -0.15) is 0 Å². The van der Waals surface area contributed by atoms with E-state index in [1.54, 1.807) is 20.3 Å². The molecule has 2 rings (SSSR count). The van der Waals surface area contributed by atoms with E-state index in [-0.39, 0.29) is 17.0 Å². The standard InChI is InChI=1S/C19H24FNO4S/c1-13-10-15(7-8-16(13)20)26(22,23)21-12-19(2,3)14-6-9-17(24-4)18(11-14)25-5/h6-11,21H,12H2,1-5H3. The van der Waals surface area contributed by atoms with Gasteiger partial charge in [0, 0.05) is 12.0 Å². The number of benzene rings is 2. The van der Waals surface area contributed by atoms with Crippen molar-refractivity contribution in [3.63, 3.8) is 0 Å². The van der Waals surface area contributed by atoms with Crippen LogP contribution in [0.25, 0.3) is 0 Å². The molecule has 0 aromatic heterocycles. The molecule has 0 bridgehead atoms. The maximum absolute atomic E-state index is 13.4. The third-order valence-electron chi connectivity index (χ3n) is 4.31. The summed E-state index contributed by atoms with van der Waals surface area (Å²) in [6.45, 7) is 5.54. The van der Waals surface area contributed by atoms with Gasteiger partial charge in [0.05, 0.1) is 19.1 Å². The van der Waals surface area contributed by atoms with Crippen LogP contribution in [-0.4, -0.2) is 29.2 Å². The first-order valence-electron chi connectivity index (χ1n) is 8.09. The normalized spacial score (nSPS) is 12.1. The highest BCUT2D eigenvalue weighted by Gasteiger charge is 2.25. The van der Waals surface area contributed by atoms with E-state index in [4.69, 9.17) is 9.47 Å². The van der Waals surface area contributed by atoms with Crippen LogP contribution in [0, 0.1) is 12.7 Å². The highest BCUT2D eigenvalue weighted by Crippen LogP contribution is 2.33.